The van der Waals surface area contributed by atoms with Gasteiger partial charge < -0.3 is 10.3 Å². The van der Waals surface area contributed by atoms with Gasteiger partial charge in [-0.05, 0) is 62.6 Å². The van der Waals surface area contributed by atoms with Crippen LogP contribution in [0.2, 0.25) is 0 Å². The van der Waals surface area contributed by atoms with Crippen LogP contribution < -0.4 is 10.9 Å². The molecule has 1 aromatic carbocycles. The fourth-order valence-electron chi connectivity index (χ4n) is 3.76. The maximum absolute atomic E-state index is 13.7. The van der Waals surface area contributed by atoms with E-state index in [1.807, 2.05) is 6.07 Å². The molecule has 2 heterocycles. The number of H-pyrrole nitrogens is 1. The summed E-state index contributed by atoms with van der Waals surface area (Å²) in [4.78, 5) is 28.6. The van der Waals surface area contributed by atoms with E-state index in [1.165, 1.54) is 24.3 Å². The van der Waals surface area contributed by atoms with Gasteiger partial charge in [-0.2, -0.15) is 10.4 Å². The third kappa shape index (κ3) is 3.14. The number of hydrogen-bond acceptors (Lipinski definition) is 5. The van der Waals surface area contributed by atoms with Crippen LogP contribution in [0.4, 0.5) is 4.39 Å². The minimum Gasteiger partial charge on any atom is -0.347 e. The Kier molecular flexibility index (Phi) is 4.38. The smallest absolute Gasteiger partial charge is 0.252 e. The van der Waals surface area contributed by atoms with E-state index in [4.69, 9.17) is 5.26 Å². The molecule has 1 saturated carbocycles. The highest BCUT2D eigenvalue weighted by molar-refractivity contribution is 5.94. The standard InChI is InChI=1S/C21H18FN5O2/c1-11-15-9-13(22)3-5-17(15)25-19(28)18(11)21(7-8-21)20(29)24-12(2)16-6-4-14(10-23)26-27-16/h3-6,9,12H,7-8H2,1-2H3,(H,24,29)(H,25,28)/t12-/m1/s1. The minimum atomic E-state index is -0.938. The van der Waals surface area contributed by atoms with Crippen molar-refractivity contribution in [1.82, 2.24) is 20.5 Å². The lowest BCUT2D eigenvalue weighted by Crippen LogP contribution is -2.40. The van der Waals surface area contributed by atoms with E-state index in [-0.39, 0.29) is 17.2 Å². The van der Waals surface area contributed by atoms with Gasteiger partial charge in [0.05, 0.1) is 17.2 Å². The van der Waals surface area contributed by atoms with E-state index in [1.54, 1.807) is 19.9 Å². The molecule has 4 rings (SSSR count). The zero-order valence-electron chi connectivity index (χ0n) is 15.9. The van der Waals surface area contributed by atoms with E-state index in [9.17, 15) is 14.0 Å². The zero-order valence-corrected chi connectivity index (χ0v) is 15.9. The minimum absolute atomic E-state index is 0.191. The van der Waals surface area contributed by atoms with Gasteiger partial charge in [-0.25, -0.2) is 4.39 Å². The lowest BCUT2D eigenvalue weighted by Gasteiger charge is -2.21. The summed E-state index contributed by atoms with van der Waals surface area (Å²) in [6.45, 7) is 3.51. The van der Waals surface area contributed by atoms with E-state index in [0.717, 1.165) is 0 Å². The number of rotatable bonds is 4. The number of hydrogen-bond donors (Lipinski definition) is 2. The molecular weight excluding hydrogens is 373 g/mol. The molecule has 3 aromatic rings. The Labute approximate surface area is 165 Å². The fraction of sp³-hybridized carbons (Fsp3) is 0.286. The van der Waals surface area contributed by atoms with Crippen LogP contribution in [0.15, 0.2) is 35.1 Å². The second-order valence-corrected chi connectivity index (χ2v) is 7.38. The van der Waals surface area contributed by atoms with Crippen molar-refractivity contribution in [3.05, 3.63) is 69.0 Å². The predicted octanol–water partition coefficient (Wildman–Crippen LogP) is 2.55. The Morgan fingerprint density at radius 2 is 2.07 bits per heavy atom. The molecule has 2 N–H and O–H groups in total. The summed E-state index contributed by atoms with van der Waals surface area (Å²) in [6, 6.07) is 8.79. The molecule has 0 unspecified atom stereocenters. The zero-order chi connectivity index (χ0) is 20.8. The van der Waals surface area contributed by atoms with Crippen molar-refractivity contribution in [3.63, 3.8) is 0 Å². The summed E-state index contributed by atoms with van der Waals surface area (Å²) in [5.74, 6) is -0.679. The van der Waals surface area contributed by atoms with Gasteiger partial charge in [0.1, 0.15) is 11.9 Å². The summed E-state index contributed by atoms with van der Waals surface area (Å²) in [6.07, 6.45) is 1.07. The molecule has 0 radical (unpaired) electrons. The lowest BCUT2D eigenvalue weighted by atomic mass is 9.90. The molecule has 1 aliphatic carbocycles. The number of nitrogens with one attached hydrogen (secondary N) is 2. The number of aryl methyl sites for hydroxylation is 1. The first kappa shape index (κ1) is 18.7. The molecule has 1 atom stereocenters. The van der Waals surface area contributed by atoms with Crippen molar-refractivity contribution in [3.8, 4) is 6.07 Å². The highest BCUT2D eigenvalue weighted by Crippen LogP contribution is 2.49. The number of aromatic nitrogens is 3. The Hall–Kier alpha value is -3.60. The first-order valence-electron chi connectivity index (χ1n) is 9.23. The maximum atomic E-state index is 13.7. The molecule has 0 spiro atoms. The van der Waals surface area contributed by atoms with Crippen molar-refractivity contribution in [2.75, 3.05) is 0 Å². The van der Waals surface area contributed by atoms with Gasteiger partial charge in [-0.3, -0.25) is 9.59 Å². The molecule has 2 aromatic heterocycles. The molecule has 0 saturated heterocycles. The topological polar surface area (TPSA) is 112 Å². The van der Waals surface area contributed by atoms with Gasteiger partial charge in [0.25, 0.3) is 5.56 Å². The van der Waals surface area contributed by atoms with E-state index < -0.39 is 17.3 Å². The van der Waals surface area contributed by atoms with Crippen LogP contribution in [0.25, 0.3) is 10.9 Å². The number of amides is 1. The molecule has 1 fully saturated rings. The van der Waals surface area contributed by atoms with Crippen molar-refractivity contribution in [2.45, 2.75) is 38.1 Å². The third-order valence-electron chi connectivity index (χ3n) is 5.49. The van der Waals surface area contributed by atoms with Crippen LogP contribution in [0.5, 0.6) is 0 Å². The molecule has 1 aliphatic rings. The quantitative estimate of drug-likeness (QED) is 0.710. The molecular formula is C21H18FN5O2. The number of benzene rings is 1. The SMILES string of the molecule is Cc1c(C2(C(=O)N[C@H](C)c3ccc(C#N)nn3)CC2)c(=O)[nH]c2ccc(F)cc12. The van der Waals surface area contributed by atoms with Crippen LogP contribution in [-0.4, -0.2) is 21.1 Å². The normalized spacial score (nSPS) is 15.5. The summed E-state index contributed by atoms with van der Waals surface area (Å²) in [5.41, 5.74) is 0.964. The second-order valence-electron chi connectivity index (χ2n) is 7.38. The number of carbonyl (C=O) groups excluding carboxylic acids is 1. The fourth-order valence-corrected chi connectivity index (χ4v) is 3.76. The molecule has 1 amide bonds. The van der Waals surface area contributed by atoms with Crippen molar-refractivity contribution < 1.29 is 9.18 Å². The van der Waals surface area contributed by atoms with Gasteiger partial charge >= 0.3 is 0 Å². The Morgan fingerprint density at radius 3 is 2.69 bits per heavy atom. The number of aromatic amines is 1. The predicted molar refractivity (Wildman–Crippen MR) is 103 cm³/mol. The number of pyridine rings is 1. The first-order chi connectivity index (χ1) is 13.9. The number of halogens is 1. The maximum Gasteiger partial charge on any atom is 0.252 e. The summed E-state index contributed by atoms with van der Waals surface area (Å²) in [5, 5.41) is 20.1. The van der Waals surface area contributed by atoms with E-state index in [0.29, 0.717) is 40.6 Å². The van der Waals surface area contributed by atoms with Crippen LogP contribution >= 0.6 is 0 Å². The monoisotopic (exact) mass is 391 g/mol. The Bertz CT molecular complexity index is 1220. The Morgan fingerprint density at radius 1 is 1.31 bits per heavy atom. The van der Waals surface area contributed by atoms with Crippen LogP contribution in [0, 0.1) is 24.1 Å². The highest BCUT2D eigenvalue weighted by Gasteiger charge is 2.54. The molecule has 7 nitrogen and oxygen atoms in total. The summed E-state index contributed by atoms with van der Waals surface area (Å²) < 4.78 is 13.7. The van der Waals surface area contributed by atoms with Gasteiger partial charge in [0.2, 0.25) is 5.91 Å². The number of carbonyl (C=O) groups is 1. The second kappa shape index (κ2) is 6.78. The van der Waals surface area contributed by atoms with Crippen LogP contribution in [-0.2, 0) is 10.2 Å². The molecule has 29 heavy (non-hydrogen) atoms. The molecule has 146 valence electrons. The molecule has 0 aliphatic heterocycles. The van der Waals surface area contributed by atoms with Crippen LogP contribution in [0.1, 0.15) is 48.3 Å². The largest absolute Gasteiger partial charge is 0.347 e. The highest BCUT2D eigenvalue weighted by atomic mass is 19.1. The van der Waals surface area contributed by atoms with E-state index >= 15 is 0 Å². The number of nitrogens with zero attached hydrogens (tertiary/aromatic N) is 3. The average molecular weight is 391 g/mol. The first-order valence-corrected chi connectivity index (χ1v) is 9.23. The van der Waals surface area contributed by atoms with Crippen molar-refractivity contribution >= 4 is 16.8 Å². The number of nitriles is 1. The van der Waals surface area contributed by atoms with Crippen molar-refractivity contribution in [1.29, 1.82) is 5.26 Å². The van der Waals surface area contributed by atoms with Gasteiger partial charge in [-0.1, -0.05) is 0 Å². The molecule has 8 heteroatoms. The summed E-state index contributed by atoms with van der Waals surface area (Å²) >= 11 is 0. The van der Waals surface area contributed by atoms with Gasteiger partial charge in [0, 0.05) is 16.5 Å². The Balaban J connectivity index is 1.67. The van der Waals surface area contributed by atoms with E-state index in [2.05, 4.69) is 20.5 Å². The lowest BCUT2D eigenvalue weighted by molar-refractivity contribution is -0.124. The third-order valence-corrected chi connectivity index (χ3v) is 5.49. The van der Waals surface area contributed by atoms with Gasteiger partial charge in [0.15, 0.2) is 5.69 Å². The van der Waals surface area contributed by atoms with Gasteiger partial charge in [-0.15, -0.1) is 5.10 Å². The molecule has 0 bridgehead atoms. The number of fused-ring (bicyclic) bond motifs is 1. The average Bonchev–Trinajstić information content (AvgIpc) is 3.50. The van der Waals surface area contributed by atoms with Crippen molar-refractivity contribution in [2.24, 2.45) is 0 Å². The summed E-state index contributed by atoms with van der Waals surface area (Å²) in [7, 11) is 0. The van der Waals surface area contributed by atoms with Crippen LogP contribution in [0.3, 0.4) is 0 Å².